The lowest BCUT2D eigenvalue weighted by Gasteiger charge is -2.23. The van der Waals surface area contributed by atoms with Gasteiger partial charge in [-0.2, -0.15) is 0 Å². The van der Waals surface area contributed by atoms with Gasteiger partial charge in [-0.05, 0) is 50.3 Å². The molecule has 0 aromatic heterocycles. The number of benzene rings is 1. The van der Waals surface area contributed by atoms with Gasteiger partial charge in [0.15, 0.2) is 0 Å². The summed E-state index contributed by atoms with van der Waals surface area (Å²) in [4.78, 5) is 14.4. The lowest BCUT2D eigenvalue weighted by molar-refractivity contribution is -0.119. The van der Waals surface area contributed by atoms with Gasteiger partial charge in [0, 0.05) is 18.2 Å². The summed E-state index contributed by atoms with van der Waals surface area (Å²) in [6, 6.07) is 8.52. The number of nitrogens with zero attached hydrogens (tertiary/aromatic N) is 1. The molecule has 0 radical (unpaired) electrons. The van der Waals surface area contributed by atoms with Gasteiger partial charge in [-0.1, -0.05) is 25.1 Å². The standard InChI is InChI=1S/C16H24N2O/c1-12(9-10-17)7-8-16(19)18-13(2)11-14-5-3-4-6-15(14)18/h3-6,12-13H,7-11,17H2,1-2H3. The van der Waals surface area contributed by atoms with Crippen molar-refractivity contribution in [1.29, 1.82) is 0 Å². The van der Waals surface area contributed by atoms with Gasteiger partial charge in [-0.15, -0.1) is 0 Å². The number of amides is 1. The predicted molar refractivity (Wildman–Crippen MR) is 79.2 cm³/mol. The second kappa shape index (κ2) is 6.20. The Morgan fingerprint density at radius 2 is 2.16 bits per heavy atom. The molecule has 0 saturated carbocycles. The van der Waals surface area contributed by atoms with E-state index in [9.17, 15) is 4.79 Å². The van der Waals surface area contributed by atoms with Crippen molar-refractivity contribution in [3.05, 3.63) is 29.8 Å². The van der Waals surface area contributed by atoms with E-state index >= 15 is 0 Å². The molecule has 19 heavy (non-hydrogen) atoms. The Morgan fingerprint density at radius 3 is 2.89 bits per heavy atom. The third-order valence-electron chi connectivity index (χ3n) is 3.99. The van der Waals surface area contributed by atoms with Crippen LogP contribution in [-0.2, 0) is 11.2 Å². The number of rotatable bonds is 5. The van der Waals surface area contributed by atoms with E-state index in [0.29, 0.717) is 18.9 Å². The van der Waals surface area contributed by atoms with E-state index in [2.05, 4.69) is 26.0 Å². The second-order valence-corrected chi connectivity index (χ2v) is 5.67. The molecule has 1 aliphatic heterocycles. The zero-order chi connectivity index (χ0) is 13.8. The summed E-state index contributed by atoms with van der Waals surface area (Å²) in [7, 11) is 0. The molecule has 0 aliphatic carbocycles. The fraction of sp³-hybridized carbons (Fsp3) is 0.562. The van der Waals surface area contributed by atoms with Crippen LogP contribution in [0, 0.1) is 5.92 Å². The lowest BCUT2D eigenvalue weighted by Crippen LogP contribution is -2.35. The number of fused-ring (bicyclic) bond motifs is 1. The topological polar surface area (TPSA) is 46.3 Å². The lowest BCUT2D eigenvalue weighted by atomic mass is 10.0. The number of carbonyl (C=O) groups excluding carboxylic acids is 1. The van der Waals surface area contributed by atoms with Crippen LogP contribution < -0.4 is 10.6 Å². The van der Waals surface area contributed by atoms with Crippen molar-refractivity contribution < 1.29 is 4.79 Å². The van der Waals surface area contributed by atoms with Crippen LogP contribution in [0.1, 0.15) is 38.7 Å². The van der Waals surface area contributed by atoms with Gasteiger partial charge in [0.1, 0.15) is 0 Å². The van der Waals surface area contributed by atoms with E-state index in [-0.39, 0.29) is 11.9 Å². The number of hydrogen-bond donors (Lipinski definition) is 1. The molecule has 0 fully saturated rings. The van der Waals surface area contributed by atoms with Crippen molar-refractivity contribution in [3.8, 4) is 0 Å². The highest BCUT2D eigenvalue weighted by Crippen LogP contribution is 2.32. The fourth-order valence-electron chi connectivity index (χ4n) is 2.86. The van der Waals surface area contributed by atoms with Gasteiger partial charge >= 0.3 is 0 Å². The smallest absolute Gasteiger partial charge is 0.227 e. The molecule has 3 heteroatoms. The first-order chi connectivity index (χ1) is 9.13. The van der Waals surface area contributed by atoms with E-state index in [1.165, 1.54) is 5.56 Å². The molecule has 1 aromatic carbocycles. The van der Waals surface area contributed by atoms with Crippen molar-refractivity contribution in [2.24, 2.45) is 11.7 Å². The molecule has 1 aliphatic rings. The van der Waals surface area contributed by atoms with Crippen LogP contribution in [0.2, 0.25) is 0 Å². The van der Waals surface area contributed by atoms with Crippen LogP contribution in [0.3, 0.4) is 0 Å². The second-order valence-electron chi connectivity index (χ2n) is 5.67. The average molecular weight is 260 g/mol. The summed E-state index contributed by atoms with van der Waals surface area (Å²) in [5, 5.41) is 0. The predicted octanol–water partition coefficient (Wildman–Crippen LogP) is 2.73. The summed E-state index contributed by atoms with van der Waals surface area (Å²) in [5.74, 6) is 0.781. The van der Waals surface area contributed by atoms with Crippen molar-refractivity contribution >= 4 is 11.6 Å². The number of carbonyl (C=O) groups is 1. The highest BCUT2D eigenvalue weighted by molar-refractivity contribution is 5.96. The Hall–Kier alpha value is -1.35. The van der Waals surface area contributed by atoms with Gasteiger partial charge < -0.3 is 10.6 Å². The zero-order valence-electron chi connectivity index (χ0n) is 11.9. The molecular formula is C16H24N2O. The molecule has 0 spiro atoms. The summed E-state index contributed by atoms with van der Waals surface area (Å²) >= 11 is 0. The molecular weight excluding hydrogens is 236 g/mol. The molecule has 0 bridgehead atoms. The maximum atomic E-state index is 12.4. The maximum absolute atomic E-state index is 12.4. The van der Waals surface area contributed by atoms with E-state index in [4.69, 9.17) is 5.73 Å². The Labute approximate surface area is 115 Å². The molecule has 2 rings (SSSR count). The first kappa shape index (κ1) is 14.1. The Morgan fingerprint density at radius 1 is 1.42 bits per heavy atom. The normalized spacial score (nSPS) is 19.3. The summed E-state index contributed by atoms with van der Waals surface area (Å²) in [6.45, 7) is 5.00. The maximum Gasteiger partial charge on any atom is 0.227 e. The molecule has 1 heterocycles. The molecule has 2 N–H and O–H groups in total. The number of para-hydroxylation sites is 1. The molecule has 2 unspecified atom stereocenters. The van der Waals surface area contributed by atoms with Crippen LogP contribution in [0.5, 0.6) is 0 Å². The third-order valence-corrected chi connectivity index (χ3v) is 3.99. The highest BCUT2D eigenvalue weighted by Gasteiger charge is 2.30. The molecule has 3 nitrogen and oxygen atoms in total. The molecule has 104 valence electrons. The average Bonchev–Trinajstić information content (AvgIpc) is 2.72. The molecule has 0 saturated heterocycles. The van der Waals surface area contributed by atoms with Crippen LogP contribution in [0.15, 0.2) is 24.3 Å². The van der Waals surface area contributed by atoms with Crippen LogP contribution in [0.25, 0.3) is 0 Å². The largest absolute Gasteiger partial charge is 0.330 e. The number of nitrogens with two attached hydrogens (primary N) is 1. The highest BCUT2D eigenvalue weighted by atomic mass is 16.2. The first-order valence-corrected chi connectivity index (χ1v) is 7.23. The van der Waals surface area contributed by atoms with Gasteiger partial charge in [0.05, 0.1) is 0 Å². The van der Waals surface area contributed by atoms with E-state index in [1.807, 2.05) is 17.0 Å². The summed E-state index contributed by atoms with van der Waals surface area (Å²) in [5.41, 5.74) is 7.94. The Bertz CT molecular complexity index is 444. The van der Waals surface area contributed by atoms with Gasteiger partial charge in [0.2, 0.25) is 5.91 Å². The molecule has 2 atom stereocenters. The van der Waals surface area contributed by atoms with Gasteiger partial charge in [-0.3, -0.25) is 4.79 Å². The Balaban J connectivity index is 2.00. The fourth-order valence-corrected chi connectivity index (χ4v) is 2.86. The Kier molecular flexibility index (Phi) is 4.59. The monoisotopic (exact) mass is 260 g/mol. The minimum absolute atomic E-state index is 0.251. The van der Waals surface area contributed by atoms with Crippen molar-refractivity contribution in [2.75, 3.05) is 11.4 Å². The summed E-state index contributed by atoms with van der Waals surface area (Å²) < 4.78 is 0. The first-order valence-electron chi connectivity index (χ1n) is 7.23. The number of hydrogen-bond acceptors (Lipinski definition) is 2. The van der Waals surface area contributed by atoms with E-state index in [0.717, 1.165) is 24.9 Å². The van der Waals surface area contributed by atoms with Crippen LogP contribution >= 0.6 is 0 Å². The zero-order valence-corrected chi connectivity index (χ0v) is 11.9. The van der Waals surface area contributed by atoms with Crippen molar-refractivity contribution in [1.82, 2.24) is 0 Å². The quantitative estimate of drug-likeness (QED) is 0.885. The minimum atomic E-state index is 0.251. The van der Waals surface area contributed by atoms with Crippen molar-refractivity contribution in [2.45, 2.75) is 45.6 Å². The third kappa shape index (κ3) is 3.16. The van der Waals surface area contributed by atoms with Crippen LogP contribution in [0.4, 0.5) is 5.69 Å². The summed E-state index contributed by atoms with van der Waals surface area (Å²) in [6.07, 6.45) is 3.53. The van der Waals surface area contributed by atoms with Gasteiger partial charge in [-0.25, -0.2) is 0 Å². The van der Waals surface area contributed by atoms with Crippen LogP contribution in [-0.4, -0.2) is 18.5 Å². The van der Waals surface area contributed by atoms with Crippen molar-refractivity contribution in [3.63, 3.8) is 0 Å². The SMILES string of the molecule is CC(CCN)CCC(=O)N1c2ccccc2CC1C. The minimum Gasteiger partial charge on any atom is -0.330 e. The molecule has 1 amide bonds. The number of anilines is 1. The molecule has 1 aromatic rings. The van der Waals surface area contributed by atoms with E-state index < -0.39 is 0 Å². The van der Waals surface area contributed by atoms with E-state index in [1.54, 1.807) is 0 Å². The van der Waals surface area contributed by atoms with Gasteiger partial charge in [0.25, 0.3) is 0 Å².